The van der Waals surface area contributed by atoms with E-state index in [0.29, 0.717) is 17.3 Å². The Balaban J connectivity index is 1.18. The lowest BCUT2D eigenvalue weighted by molar-refractivity contribution is -0.937. The van der Waals surface area contributed by atoms with Crippen LogP contribution in [-0.4, -0.2) is 38.2 Å². The average molecular weight is 467 g/mol. The Bertz CT molecular complexity index is 1540. The second-order valence-corrected chi connectivity index (χ2v) is 9.45. The normalized spacial score (nSPS) is 17.4. The predicted molar refractivity (Wildman–Crippen MR) is 132 cm³/mol. The minimum absolute atomic E-state index is 0.0232. The maximum absolute atomic E-state index is 10.9. The number of nitro benzene ring substituents is 1. The number of quaternary nitrogens is 1. The molecule has 1 N–H and O–H groups in total. The number of nitrogens with zero attached hydrogens (tertiary/aromatic N) is 4. The first kappa shape index (κ1) is 21.2. The van der Waals surface area contributed by atoms with Gasteiger partial charge in [0.25, 0.3) is 5.69 Å². The first-order chi connectivity index (χ1) is 17.0. The third kappa shape index (κ3) is 3.98. The Morgan fingerprint density at radius 1 is 0.971 bits per heavy atom. The molecule has 0 saturated heterocycles. The topological polar surface area (TPSA) is 97.8 Å². The number of nitrogens with one attached hydrogen (secondary N) is 1. The van der Waals surface area contributed by atoms with Gasteiger partial charge in [0, 0.05) is 57.4 Å². The standard InChI is InChI=1S/C27H24N5O3/c1-32(15-14-25-23(17-32)22-4-2-3-5-24(22)28-25)16-18-6-8-19(9-7-18)26-29-30-27(35-26)20-10-12-21(13-11-20)31(33)34/h2-13,28H,14-17H2,1H3/q+1/t32-/m0/s1. The highest BCUT2D eigenvalue weighted by Gasteiger charge is 2.31. The molecule has 0 amide bonds. The molecule has 0 aliphatic carbocycles. The summed E-state index contributed by atoms with van der Waals surface area (Å²) in [6.45, 7) is 3.03. The quantitative estimate of drug-likeness (QED) is 0.210. The molecular weight excluding hydrogens is 442 g/mol. The summed E-state index contributed by atoms with van der Waals surface area (Å²) >= 11 is 0. The highest BCUT2D eigenvalue weighted by atomic mass is 16.6. The summed E-state index contributed by atoms with van der Waals surface area (Å²) in [4.78, 5) is 14.0. The maximum atomic E-state index is 10.9. The maximum Gasteiger partial charge on any atom is 0.269 e. The zero-order valence-electron chi connectivity index (χ0n) is 19.3. The largest absolute Gasteiger partial charge is 0.416 e. The molecule has 35 heavy (non-hydrogen) atoms. The average Bonchev–Trinajstić information content (AvgIpc) is 3.50. The van der Waals surface area contributed by atoms with Gasteiger partial charge in [-0.15, -0.1) is 10.2 Å². The Hall–Kier alpha value is -4.30. The molecule has 8 heteroatoms. The number of aromatic amines is 1. The molecule has 0 fully saturated rings. The van der Waals surface area contributed by atoms with Crippen molar-refractivity contribution < 1.29 is 13.8 Å². The fourth-order valence-corrected chi connectivity index (χ4v) is 5.00. The van der Waals surface area contributed by atoms with E-state index in [2.05, 4.69) is 58.6 Å². The summed E-state index contributed by atoms with van der Waals surface area (Å²) in [5, 5.41) is 20.5. The van der Waals surface area contributed by atoms with Crippen LogP contribution >= 0.6 is 0 Å². The van der Waals surface area contributed by atoms with Crippen molar-refractivity contribution in [1.29, 1.82) is 0 Å². The van der Waals surface area contributed by atoms with E-state index in [1.807, 2.05) is 12.1 Å². The van der Waals surface area contributed by atoms with Crippen molar-refractivity contribution >= 4 is 16.6 Å². The van der Waals surface area contributed by atoms with Gasteiger partial charge in [0.05, 0.1) is 18.5 Å². The second kappa shape index (κ2) is 8.18. The number of nitro groups is 1. The Morgan fingerprint density at radius 2 is 1.63 bits per heavy atom. The molecule has 3 heterocycles. The van der Waals surface area contributed by atoms with Crippen LogP contribution in [0.3, 0.4) is 0 Å². The molecule has 5 aromatic rings. The van der Waals surface area contributed by atoms with Crippen molar-refractivity contribution in [2.45, 2.75) is 19.5 Å². The van der Waals surface area contributed by atoms with E-state index in [4.69, 9.17) is 4.42 Å². The first-order valence-corrected chi connectivity index (χ1v) is 11.6. The van der Waals surface area contributed by atoms with E-state index in [0.717, 1.165) is 36.1 Å². The molecule has 0 radical (unpaired) electrons. The number of hydrogen-bond donors (Lipinski definition) is 1. The molecule has 8 nitrogen and oxygen atoms in total. The molecule has 1 aliphatic heterocycles. The molecule has 6 rings (SSSR count). The number of hydrogen-bond acceptors (Lipinski definition) is 5. The third-order valence-electron chi connectivity index (χ3n) is 6.86. The third-order valence-corrected chi connectivity index (χ3v) is 6.86. The number of fused-ring (bicyclic) bond motifs is 3. The van der Waals surface area contributed by atoms with Crippen LogP contribution in [0.1, 0.15) is 16.8 Å². The number of H-pyrrole nitrogens is 1. The molecule has 1 aliphatic rings. The molecule has 0 bridgehead atoms. The number of para-hydroxylation sites is 1. The van der Waals surface area contributed by atoms with Crippen LogP contribution in [-0.2, 0) is 19.5 Å². The number of benzene rings is 3. The van der Waals surface area contributed by atoms with Crippen molar-refractivity contribution in [2.75, 3.05) is 13.6 Å². The monoisotopic (exact) mass is 466 g/mol. The van der Waals surface area contributed by atoms with Gasteiger partial charge in [-0.05, 0) is 30.3 Å². The van der Waals surface area contributed by atoms with E-state index >= 15 is 0 Å². The highest BCUT2D eigenvalue weighted by Crippen LogP contribution is 2.32. The van der Waals surface area contributed by atoms with Crippen molar-refractivity contribution in [3.05, 3.63) is 99.7 Å². The van der Waals surface area contributed by atoms with Crippen LogP contribution in [0.2, 0.25) is 0 Å². The molecule has 2 aromatic heterocycles. The predicted octanol–water partition coefficient (Wildman–Crippen LogP) is 5.50. The smallest absolute Gasteiger partial charge is 0.269 e. The van der Waals surface area contributed by atoms with E-state index in [1.165, 1.54) is 39.9 Å². The van der Waals surface area contributed by atoms with Crippen LogP contribution in [0, 0.1) is 10.1 Å². The molecule has 1 atom stereocenters. The Labute approximate surface area is 201 Å². The molecule has 3 aromatic carbocycles. The Morgan fingerprint density at radius 3 is 2.31 bits per heavy atom. The van der Waals surface area contributed by atoms with E-state index in [1.54, 1.807) is 12.1 Å². The van der Waals surface area contributed by atoms with Gasteiger partial charge in [-0.3, -0.25) is 10.1 Å². The second-order valence-electron chi connectivity index (χ2n) is 9.45. The van der Waals surface area contributed by atoms with Gasteiger partial charge in [-0.25, -0.2) is 0 Å². The number of likely N-dealkylation sites (N-methyl/N-ethyl adjacent to an activating group) is 1. The lowest BCUT2D eigenvalue weighted by Crippen LogP contribution is -2.46. The highest BCUT2D eigenvalue weighted by molar-refractivity contribution is 5.84. The fraction of sp³-hybridized carbons (Fsp3) is 0.185. The van der Waals surface area contributed by atoms with Gasteiger partial charge in [0.15, 0.2) is 0 Å². The van der Waals surface area contributed by atoms with Crippen molar-refractivity contribution in [1.82, 2.24) is 15.2 Å². The summed E-state index contributed by atoms with van der Waals surface area (Å²) in [6, 6.07) is 22.9. The van der Waals surface area contributed by atoms with Crippen LogP contribution in [0.25, 0.3) is 33.8 Å². The lowest BCUT2D eigenvalue weighted by atomic mass is 10.0. The van der Waals surface area contributed by atoms with E-state index < -0.39 is 4.92 Å². The SMILES string of the molecule is C[N@@+]1(Cc2ccc(-c3nnc(-c4ccc([N+](=O)[O-])cc4)o3)cc2)CCc2[nH]c3ccccc3c2C1. The summed E-state index contributed by atoms with van der Waals surface area (Å²) < 4.78 is 6.79. The summed E-state index contributed by atoms with van der Waals surface area (Å²) in [6.07, 6.45) is 1.05. The lowest BCUT2D eigenvalue weighted by Gasteiger charge is -2.38. The fourth-order valence-electron chi connectivity index (χ4n) is 5.00. The zero-order valence-corrected chi connectivity index (χ0v) is 19.3. The number of non-ortho nitro benzene ring substituents is 1. The number of aromatic nitrogens is 3. The van der Waals surface area contributed by atoms with Gasteiger partial charge < -0.3 is 13.9 Å². The van der Waals surface area contributed by atoms with E-state index in [9.17, 15) is 10.1 Å². The van der Waals surface area contributed by atoms with Crippen molar-refractivity contribution in [3.8, 4) is 22.9 Å². The molecule has 174 valence electrons. The summed E-state index contributed by atoms with van der Waals surface area (Å²) in [5.74, 6) is 0.756. The van der Waals surface area contributed by atoms with Crippen LogP contribution in [0.4, 0.5) is 5.69 Å². The van der Waals surface area contributed by atoms with Crippen molar-refractivity contribution in [2.24, 2.45) is 0 Å². The van der Waals surface area contributed by atoms with Crippen LogP contribution in [0.5, 0.6) is 0 Å². The van der Waals surface area contributed by atoms with Gasteiger partial charge >= 0.3 is 0 Å². The van der Waals surface area contributed by atoms with Crippen molar-refractivity contribution in [3.63, 3.8) is 0 Å². The van der Waals surface area contributed by atoms with Gasteiger partial charge in [0.2, 0.25) is 11.8 Å². The summed E-state index contributed by atoms with van der Waals surface area (Å²) in [5.41, 5.74) is 6.81. The minimum atomic E-state index is -0.434. The van der Waals surface area contributed by atoms with Gasteiger partial charge in [0.1, 0.15) is 13.1 Å². The van der Waals surface area contributed by atoms with Gasteiger partial charge in [-0.2, -0.15) is 0 Å². The Kier molecular flexibility index (Phi) is 4.96. The minimum Gasteiger partial charge on any atom is -0.416 e. The first-order valence-electron chi connectivity index (χ1n) is 11.6. The van der Waals surface area contributed by atoms with E-state index in [-0.39, 0.29) is 5.69 Å². The molecule has 0 spiro atoms. The van der Waals surface area contributed by atoms with Crippen LogP contribution < -0.4 is 0 Å². The molecular formula is C27H24N5O3+. The zero-order chi connectivity index (χ0) is 24.0. The summed E-state index contributed by atoms with van der Waals surface area (Å²) in [7, 11) is 2.33. The van der Waals surface area contributed by atoms with Crippen LogP contribution in [0.15, 0.2) is 77.2 Å². The van der Waals surface area contributed by atoms with Gasteiger partial charge in [-0.1, -0.05) is 30.3 Å². The number of rotatable bonds is 5. The molecule has 0 saturated carbocycles. The molecule has 0 unspecified atom stereocenters.